The molecule has 0 saturated heterocycles. The van der Waals surface area contributed by atoms with E-state index in [1.807, 2.05) is 54.6 Å². The van der Waals surface area contributed by atoms with Crippen molar-refractivity contribution in [2.75, 3.05) is 0 Å². The van der Waals surface area contributed by atoms with Crippen LogP contribution in [0.1, 0.15) is 37.8 Å². The molecule has 31 heavy (non-hydrogen) atoms. The summed E-state index contributed by atoms with van der Waals surface area (Å²) < 4.78 is 24.6. The molecule has 0 saturated carbocycles. The molecule has 0 bridgehead atoms. The standard InChI is InChI=1S/C26H27Cl2FO2/c1-26(2,20-13-15-22(16-14-20)31-25(29)24(27)28)17-7-9-19-8-6-12-23(18-19)30-21-10-4-3-5-11-21/h3-6,8,10-16,18,24-25H,7,9,17H2,1-2H3. The summed E-state index contributed by atoms with van der Waals surface area (Å²) in [6, 6.07) is 25.5. The van der Waals surface area contributed by atoms with Crippen molar-refractivity contribution < 1.29 is 13.9 Å². The maximum atomic E-state index is 13.5. The molecule has 0 aliphatic rings. The highest BCUT2D eigenvalue weighted by atomic mass is 35.5. The Labute approximate surface area is 193 Å². The van der Waals surface area contributed by atoms with E-state index in [0.717, 1.165) is 30.8 Å². The van der Waals surface area contributed by atoms with Gasteiger partial charge in [-0.3, -0.25) is 0 Å². The number of benzene rings is 3. The third-order valence-electron chi connectivity index (χ3n) is 5.23. The summed E-state index contributed by atoms with van der Waals surface area (Å²) in [6.45, 7) is 4.42. The Morgan fingerprint density at radius 2 is 1.52 bits per heavy atom. The van der Waals surface area contributed by atoms with Gasteiger partial charge < -0.3 is 9.47 Å². The predicted molar refractivity (Wildman–Crippen MR) is 126 cm³/mol. The maximum absolute atomic E-state index is 13.5. The molecule has 5 heteroatoms. The molecule has 0 spiro atoms. The van der Waals surface area contributed by atoms with Crippen molar-refractivity contribution in [3.05, 3.63) is 90.0 Å². The van der Waals surface area contributed by atoms with Gasteiger partial charge in [0.15, 0.2) is 4.84 Å². The second kappa shape index (κ2) is 10.9. The van der Waals surface area contributed by atoms with Crippen molar-refractivity contribution in [2.24, 2.45) is 0 Å². The van der Waals surface area contributed by atoms with Crippen LogP contribution in [0, 0.1) is 0 Å². The lowest BCUT2D eigenvalue weighted by atomic mass is 9.80. The molecule has 0 fully saturated rings. The zero-order chi connectivity index (χ0) is 22.3. The van der Waals surface area contributed by atoms with Crippen LogP contribution < -0.4 is 9.47 Å². The van der Waals surface area contributed by atoms with Gasteiger partial charge in [-0.05, 0) is 72.2 Å². The van der Waals surface area contributed by atoms with E-state index in [1.54, 1.807) is 12.1 Å². The first-order valence-corrected chi connectivity index (χ1v) is 11.2. The van der Waals surface area contributed by atoms with E-state index in [4.69, 9.17) is 32.7 Å². The second-order valence-corrected chi connectivity index (χ2v) is 9.29. The van der Waals surface area contributed by atoms with Gasteiger partial charge in [0.25, 0.3) is 6.36 Å². The van der Waals surface area contributed by atoms with Crippen LogP contribution in [0.2, 0.25) is 0 Å². The number of aryl methyl sites for hydroxylation is 1. The fraction of sp³-hybridized carbons (Fsp3) is 0.308. The molecule has 0 heterocycles. The van der Waals surface area contributed by atoms with Gasteiger partial charge in [-0.1, -0.05) is 79.5 Å². The molecule has 0 aromatic heterocycles. The van der Waals surface area contributed by atoms with Gasteiger partial charge in [-0.2, -0.15) is 4.39 Å². The van der Waals surface area contributed by atoms with E-state index >= 15 is 0 Å². The lowest BCUT2D eigenvalue weighted by Gasteiger charge is -2.26. The maximum Gasteiger partial charge on any atom is 0.268 e. The minimum atomic E-state index is -1.75. The van der Waals surface area contributed by atoms with Crippen LogP contribution in [0.5, 0.6) is 17.2 Å². The van der Waals surface area contributed by atoms with E-state index in [-0.39, 0.29) is 5.41 Å². The summed E-state index contributed by atoms with van der Waals surface area (Å²) in [5, 5.41) is 0. The Kier molecular flexibility index (Phi) is 8.22. The summed E-state index contributed by atoms with van der Waals surface area (Å²) in [5.74, 6) is 2.09. The summed E-state index contributed by atoms with van der Waals surface area (Å²) in [6.07, 6.45) is 1.26. The SMILES string of the molecule is CC(C)(CCCc1cccc(Oc2ccccc2)c1)c1ccc(OC(F)C(Cl)Cl)cc1. The van der Waals surface area contributed by atoms with Crippen molar-refractivity contribution in [3.63, 3.8) is 0 Å². The molecule has 3 rings (SSSR count). The predicted octanol–water partition coefficient (Wildman–Crippen LogP) is 8.26. The zero-order valence-corrected chi connectivity index (χ0v) is 19.2. The van der Waals surface area contributed by atoms with E-state index in [2.05, 4.69) is 26.0 Å². The van der Waals surface area contributed by atoms with Gasteiger partial charge in [0, 0.05) is 0 Å². The molecule has 0 radical (unpaired) electrons. The van der Waals surface area contributed by atoms with E-state index in [0.29, 0.717) is 5.75 Å². The molecule has 0 amide bonds. The highest BCUT2D eigenvalue weighted by molar-refractivity contribution is 6.44. The fourth-order valence-corrected chi connectivity index (χ4v) is 3.54. The topological polar surface area (TPSA) is 18.5 Å². The molecule has 164 valence electrons. The van der Waals surface area contributed by atoms with Crippen LogP contribution >= 0.6 is 23.2 Å². The summed E-state index contributed by atoms with van der Waals surface area (Å²) >= 11 is 11.0. The van der Waals surface area contributed by atoms with Crippen LogP contribution in [-0.4, -0.2) is 11.2 Å². The normalized spacial score (nSPS) is 12.6. The Hall–Kier alpha value is -2.23. The Balaban J connectivity index is 1.54. The molecule has 0 aliphatic carbocycles. The van der Waals surface area contributed by atoms with Gasteiger partial charge >= 0.3 is 0 Å². The number of ether oxygens (including phenoxy) is 2. The molecule has 0 aliphatic heterocycles. The summed E-state index contributed by atoms with van der Waals surface area (Å²) in [7, 11) is 0. The smallest absolute Gasteiger partial charge is 0.268 e. The quantitative estimate of drug-likeness (QED) is 0.283. The van der Waals surface area contributed by atoms with Crippen molar-refractivity contribution in [2.45, 2.75) is 49.7 Å². The molecule has 3 aromatic carbocycles. The average Bonchev–Trinajstić information content (AvgIpc) is 2.75. The van der Waals surface area contributed by atoms with Gasteiger partial charge in [-0.25, -0.2) is 0 Å². The first-order chi connectivity index (χ1) is 14.8. The van der Waals surface area contributed by atoms with Gasteiger partial charge in [-0.15, -0.1) is 0 Å². The molecular formula is C26H27Cl2FO2. The molecule has 1 unspecified atom stereocenters. The first kappa shape index (κ1) is 23.4. The van der Waals surface area contributed by atoms with Crippen molar-refractivity contribution >= 4 is 23.2 Å². The number of hydrogen-bond donors (Lipinski definition) is 0. The highest BCUT2D eigenvalue weighted by Crippen LogP contribution is 2.31. The van der Waals surface area contributed by atoms with Crippen LogP contribution in [-0.2, 0) is 11.8 Å². The molecule has 2 nitrogen and oxygen atoms in total. The van der Waals surface area contributed by atoms with Crippen molar-refractivity contribution in [1.29, 1.82) is 0 Å². The van der Waals surface area contributed by atoms with Crippen LogP contribution in [0.3, 0.4) is 0 Å². The number of alkyl halides is 3. The molecule has 3 aromatic rings. The third kappa shape index (κ3) is 7.15. The molecule has 0 N–H and O–H groups in total. The van der Waals surface area contributed by atoms with Crippen LogP contribution in [0.4, 0.5) is 4.39 Å². The Morgan fingerprint density at radius 3 is 2.19 bits per heavy atom. The third-order valence-corrected chi connectivity index (χ3v) is 5.62. The van der Waals surface area contributed by atoms with E-state index in [9.17, 15) is 4.39 Å². The number of rotatable bonds is 10. The lowest BCUT2D eigenvalue weighted by molar-refractivity contribution is 0.0804. The largest absolute Gasteiger partial charge is 0.457 e. The Morgan fingerprint density at radius 1 is 0.839 bits per heavy atom. The fourth-order valence-electron chi connectivity index (χ4n) is 3.43. The first-order valence-electron chi connectivity index (χ1n) is 10.3. The average molecular weight is 461 g/mol. The van der Waals surface area contributed by atoms with E-state index < -0.39 is 11.2 Å². The number of hydrogen-bond acceptors (Lipinski definition) is 2. The minimum Gasteiger partial charge on any atom is -0.457 e. The molecule has 1 atom stereocenters. The highest BCUT2D eigenvalue weighted by Gasteiger charge is 2.21. The van der Waals surface area contributed by atoms with Gasteiger partial charge in [0.05, 0.1) is 0 Å². The number of para-hydroxylation sites is 1. The molecular weight excluding hydrogens is 434 g/mol. The zero-order valence-electron chi connectivity index (χ0n) is 17.7. The summed E-state index contributed by atoms with van der Waals surface area (Å²) in [4.78, 5) is -1.22. The Bertz CT molecular complexity index is 943. The minimum absolute atomic E-state index is 0.0205. The summed E-state index contributed by atoms with van der Waals surface area (Å²) in [5.41, 5.74) is 2.40. The van der Waals surface area contributed by atoms with Crippen LogP contribution in [0.25, 0.3) is 0 Å². The monoisotopic (exact) mass is 460 g/mol. The van der Waals surface area contributed by atoms with Crippen molar-refractivity contribution in [1.82, 2.24) is 0 Å². The second-order valence-electron chi connectivity index (χ2n) is 8.13. The van der Waals surface area contributed by atoms with Crippen LogP contribution in [0.15, 0.2) is 78.9 Å². The van der Waals surface area contributed by atoms with E-state index in [1.165, 1.54) is 11.1 Å². The van der Waals surface area contributed by atoms with Gasteiger partial charge in [0.1, 0.15) is 17.2 Å². The van der Waals surface area contributed by atoms with Crippen molar-refractivity contribution in [3.8, 4) is 17.2 Å². The number of halogens is 3. The lowest BCUT2D eigenvalue weighted by Crippen LogP contribution is -2.19. The van der Waals surface area contributed by atoms with Gasteiger partial charge in [0.2, 0.25) is 0 Å².